The molecule has 3 aliphatic heterocycles. The van der Waals surface area contributed by atoms with Crippen molar-refractivity contribution < 1.29 is 24.8 Å². The maximum absolute atomic E-state index is 14.0. The Kier molecular flexibility index (Phi) is 5.58. The first-order valence-electron chi connectivity index (χ1n) is 12.5. The van der Waals surface area contributed by atoms with Gasteiger partial charge in [0, 0.05) is 23.6 Å². The second kappa shape index (κ2) is 8.71. The van der Waals surface area contributed by atoms with Gasteiger partial charge in [-0.1, -0.05) is 54.1 Å². The number of amides is 3. The van der Waals surface area contributed by atoms with E-state index in [9.17, 15) is 19.5 Å². The van der Waals surface area contributed by atoms with Crippen LogP contribution in [0.15, 0.2) is 66.7 Å². The summed E-state index contributed by atoms with van der Waals surface area (Å²) in [7, 11) is 0. The van der Waals surface area contributed by atoms with Crippen LogP contribution < -0.4 is 10.6 Å². The van der Waals surface area contributed by atoms with Gasteiger partial charge in [0.15, 0.2) is 0 Å². The highest BCUT2D eigenvalue weighted by molar-refractivity contribution is 6.32. The Morgan fingerprint density at radius 3 is 2.43 bits per heavy atom. The zero-order chi connectivity index (χ0) is 25.9. The van der Waals surface area contributed by atoms with Gasteiger partial charge in [-0.2, -0.15) is 0 Å². The van der Waals surface area contributed by atoms with Gasteiger partial charge in [0.05, 0.1) is 5.69 Å². The normalized spacial score (nSPS) is 26.1. The van der Waals surface area contributed by atoms with Crippen molar-refractivity contribution in [3.8, 4) is 5.75 Å². The number of benzene rings is 3. The van der Waals surface area contributed by atoms with Crippen molar-refractivity contribution in [2.75, 3.05) is 11.9 Å². The van der Waals surface area contributed by atoms with Gasteiger partial charge in [0.25, 0.3) is 5.91 Å². The average molecular weight is 517 g/mol. The number of fused-ring (bicyclic) bond motifs is 4. The van der Waals surface area contributed by atoms with E-state index in [1.807, 2.05) is 60.8 Å². The van der Waals surface area contributed by atoms with Crippen LogP contribution in [0.5, 0.6) is 5.75 Å². The van der Waals surface area contributed by atoms with E-state index in [2.05, 4.69) is 5.32 Å². The van der Waals surface area contributed by atoms with Crippen molar-refractivity contribution in [2.24, 2.45) is 11.8 Å². The number of carbonyl (C=O) groups excluding carboxylic acids is 3. The Balaban J connectivity index is 1.41. The molecule has 188 valence electrons. The number of hydrogen-bond acceptors (Lipinski definition) is 4. The fraction of sp³-hybridized carbons (Fsp3) is 0.276. The first kappa shape index (κ1) is 23.7. The lowest BCUT2D eigenvalue weighted by Crippen LogP contribution is -2.99. The number of anilines is 1. The van der Waals surface area contributed by atoms with Gasteiger partial charge in [-0.05, 0) is 54.3 Å². The number of hydrogen-bond donors (Lipinski definition) is 3. The van der Waals surface area contributed by atoms with E-state index >= 15 is 0 Å². The molecule has 0 radical (unpaired) electrons. The molecule has 0 saturated carbocycles. The monoisotopic (exact) mass is 516 g/mol. The summed E-state index contributed by atoms with van der Waals surface area (Å²) in [6.07, 6.45) is 1.03. The van der Waals surface area contributed by atoms with Crippen LogP contribution in [0, 0.1) is 18.8 Å². The lowest BCUT2D eigenvalue weighted by Gasteiger charge is -2.26. The average Bonchev–Trinajstić information content (AvgIpc) is 3.47. The number of quaternary nitrogens is 1. The molecule has 7 nitrogen and oxygen atoms in total. The standard InChI is InChI=1S/C29H26ClN3O4/c1-16-21(30)12-11-20-25(16)31-28(37)29(20)24-23(22(32-29)15-18-7-9-19(34)10-8-18)26(35)33(27(24)36)14-13-17-5-3-2-4-6-17/h2-12,22-24,32,34H,13-15H2,1H3,(H,31,37)/p+1/t22?,23?,24?,29-/m0/s1. The summed E-state index contributed by atoms with van der Waals surface area (Å²) in [5, 5.41) is 15.2. The molecule has 3 heterocycles. The molecule has 0 aliphatic carbocycles. The zero-order valence-electron chi connectivity index (χ0n) is 20.3. The number of likely N-dealkylation sites (tertiary alicyclic amines) is 1. The molecule has 8 heteroatoms. The number of halogens is 1. The highest BCUT2D eigenvalue weighted by Gasteiger charge is 2.74. The fourth-order valence-corrected chi connectivity index (χ4v) is 6.57. The maximum atomic E-state index is 14.0. The molecule has 6 rings (SSSR count). The topological polar surface area (TPSA) is 103 Å². The summed E-state index contributed by atoms with van der Waals surface area (Å²) in [5.41, 5.74) is 2.79. The molecule has 3 amide bonds. The van der Waals surface area contributed by atoms with Crippen LogP contribution in [0.25, 0.3) is 0 Å². The lowest BCUT2D eigenvalue weighted by molar-refractivity contribution is -0.733. The SMILES string of the molecule is Cc1c(Cl)ccc2c1NC(=O)[C@]21[NH2+]C(Cc2ccc(O)cc2)C2C(=O)N(CCc3ccccc3)C(=O)C21. The van der Waals surface area contributed by atoms with Gasteiger partial charge in [0.1, 0.15) is 23.6 Å². The van der Waals surface area contributed by atoms with Crippen LogP contribution in [-0.4, -0.2) is 40.3 Å². The number of nitrogens with zero attached hydrogens (tertiary/aromatic N) is 1. The minimum atomic E-state index is -1.24. The van der Waals surface area contributed by atoms with E-state index in [1.165, 1.54) is 4.90 Å². The van der Waals surface area contributed by atoms with Crippen LogP contribution in [0.2, 0.25) is 5.02 Å². The van der Waals surface area contributed by atoms with Gasteiger partial charge in [-0.25, -0.2) is 0 Å². The number of nitrogens with one attached hydrogen (secondary N) is 1. The quantitative estimate of drug-likeness (QED) is 0.453. The Bertz CT molecular complexity index is 1430. The minimum Gasteiger partial charge on any atom is -0.508 e. The Morgan fingerprint density at radius 1 is 0.973 bits per heavy atom. The Labute approximate surface area is 219 Å². The van der Waals surface area contributed by atoms with Crippen LogP contribution in [-0.2, 0) is 32.8 Å². The predicted molar refractivity (Wildman–Crippen MR) is 138 cm³/mol. The molecule has 3 aromatic rings. The highest BCUT2D eigenvalue weighted by atomic mass is 35.5. The number of imide groups is 1. The predicted octanol–water partition coefficient (Wildman–Crippen LogP) is 2.53. The first-order valence-corrected chi connectivity index (χ1v) is 12.8. The van der Waals surface area contributed by atoms with Crippen LogP contribution in [0.3, 0.4) is 0 Å². The summed E-state index contributed by atoms with van der Waals surface area (Å²) in [6.45, 7) is 2.11. The lowest BCUT2D eigenvalue weighted by atomic mass is 9.76. The Morgan fingerprint density at radius 2 is 1.70 bits per heavy atom. The molecule has 37 heavy (non-hydrogen) atoms. The molecule has 1 spiro atoms. The van der Waals surface area contributed by atoms with Crippen molar-refractivity contribution in [2.45, 2.75) is 31.3 Å². The van der Waals surface area contributed by atoms with Crippen molar-refractivity contribution in [1.29, 1.82) is 0 Å². The van der Waals surface area contributed by atoms with Gasteiger partial charge >= 0.3 is 0 Å². The minimum absolute atomic E-state index is 0.157. The molecule has 2 fully saturated rings. The van der Waals surface area contributed by atoms with E-state index in [1.54, 1.807) is 18.2 Å². The Hall–Kier alpha value is -3.68. The van der Waals surface area contributed by atoms with Crippen molar-refractivity contribution in [1.82, 2.24) is 4.90 Å². The van der Waals surface area contributed by atoms with Gasteiger partial charge in [0.2, 0.25) is 17.4 Å². The molecular weight excluding hydrogens is 490 g/mol. The van der Waals surface area contributed by atoms with Gasteiger partial charge < -0.3 is 15.7 Å². The van der Waals surface area contributed by atoms with E-state index in [4.69, 9.17) is 11.6 Å². The van der Waals surface area contributed by atoms with E-state index < -0.39 is 17.4 Å². The van der Waals surface area contributed by atoms with Crippen molar-refractivity contribution in [3.63, 3.8) is 0 Å². The third-order valence-corrected chi connectivity index (χ3v) is 8.61. The molecule has 3 unspecified atom stereocenters. The van der Waals surface area contributed by atoms with Crippen molar-refractivity contribution in [3.05, 3.63) is 94.0 Å². The van der Waals surface area contributed by atoms with E-state index in [-0.39, 0.29) is 36.1 Å². The summed E-state index contributed by atoms with van der Waals surface area (Å²) >= 11 is 6.36. The third kappa shape index (κ3) is 3.56. The fourth-order valence-electron chi connectivity index (χ4n) is 6.41. The van der Waals surface area contributed by atoms with Crippen LogP contribution in [0.4, 0.5) is 5.69 Å². The number of phenolic OH excluding ortho intramolecular Hbond substituents is 1. The van der Waals surface area contributed by atoms with Gasteiger partial charge in [-0.15, -0.1) is 0 Å². The van der Waals surface area contributed by atoms with E-state index in [0.717, 1.165) is 16.7 Å². The number of aromatic hydroxyl groups is 1. The largest absolute Gasteiger partial charge is 0.508 e. The number of carbonyl (C=O) groups is 3. The van der Waals surface area contributed by atoms with Crippen LogP contribution in [0.1, 0.15) is 22.3 Å². The smallest absolute Gasteiger partial charge is 0.291 e. The number of rotatable bonds is 5. The molecule has 0 bridgehead atoms. The molecule has 2 saturated heterocycles. The molecule has 0 aromatic heterocycles. The highest BCUT2D eigenvalue weighted by Crippen LogP contribution is 2.50. The molecule has 3 aliphatic rings. The zero-order valence-corrected chi connectivity index (χ0v) is 21.0. The summed E-state index contributed by atoms with van der Waals surface area (Å²) < 4.78 is 0. The molecule has 4 N–H and O–H groups in total. The molecule has 4 atom stereocenters. The summed E-state index contributed by atoms with van der Waals surface area (Å²) in [5.74, 6) is -2.13. The second-order valence-corrected chi connectivity index (χ2v) is 10.6. The molecule has 3 aromatic carbocycles. The second-order valence-electron chi connectivity index (χ2n) is 10.2. The number of nitrogens with two attached hydrogens (primary N) is 1. The van der Waals surface area contributed by atoms with Crippen LogP contribution >= 0.6 is 11.6 Å². The van der Waals surface area contributed by atoms with Gasteiger partial charge in [-0.3, -0.25) is 19.3 Å². The summed E-state index contributed by atoms with van der Waals surface area (Å²) in [6, 6.07) is 19.8. The third-order valence-electron chi connectivity index (χ3n) is 8.20. The first-order chi connectivity index (χ1) is 17.8. The summed E-state index contributed by atoms with van der Waals surface area (Å²) in [4.78, 5) is 42.9. The van der Waals surface area contributed by atoms with Crippen molar-refractivity contribution >= 4 is 35.0 Å². The number of phenols is 1. The van der Waals surface area contributed by atoms with E-state index in [0.29, 0.717) is 29.1 Å². The maximum Gasteiger partial charge on any atom is 0.291 e. The molecular formula is C29H27ClN3O4+.